The fraction of sp³-hybridized carbons (Fsp3) is 0.667. The van der Waals surface area contributed by atoms with Crippen molar-refractivity contribution >= 4 is 21.4 Å². The van der Waals surface area contributed by atoms with Gasteiger partial charge in [0.05, 0.1) is 0 Å². The molecule has 0 radical (unpaired) electrons. The van der Waals surface area contributed by atoms with Gasteiger partial charge in [-0.3, -0.25) is 0 Å². The summed E-state index contributed by atoms with van der Waals surface area (Å²) in [5.41, 5.74) is 0. The van der Waals surface area contributed by atoms with Gasteiger partial charge in [0, 0.05) is 6.54 Å². The SMILES string of the molecule is O=S(=O)(NCCCC1CCCC1)c1cccs1. The van der Waals surface area contributed by atoms with Crippen molar-refractivity contribution in [1.29, 1.82) is 0 Å². The minimum atomic E-state index is -3.24. The lowest BCUT2D eigenvalue weighted by atomic mass is 10.0. The van der Waals surface area contributed by atoms with Crippen molar-refractivity contribution in [2.24, 2.45) is 5.92 Å². The third-order valence-corrected chi connectivity index (χ3v) is 6.17. The third kappa shape index (κ3) is 3.79. The number of rotatable bonds is 6. The molecule has 5 heteroatoms. The fourth-order valence-electron chi connectivity index (χ4n) is 2.38. The van der Waals surface area contributed by atoms with Gasteiger partial charge in [0.2, 0.25) is 10.0 Å². The Morgan fingerprint density at radius 3 is 2.76 bits per heavy atom. The van der Waals surface area contributed by atoms with Gasteiger partial charge < -0.3 is 0 Å². The predicted molar refractivity (Wildman–Crippen MR) is 70.7 cm³/mol. The molecule has 96 valence electrons. The fourth-order valence-corrected chi connectivity index (χ4v) is 4.50. The molecule has 1 saturated carbocycles. The van der Waals surface area contributed by atoms with E-state index in [-0.39, 0.29) is 0 Å². The first-order valence-electron chi connectivity index (χ1n) is 6.22. The van der Waals surface area contributed by atoms with Gasteiger partial charge in [0.15, 0.2) is 0 Å². The average molecular weight is 273 g/mol. The Kier molecular flexibility index (Phi) is 4.59. The van der Waals surface area contributed by atoms with Crippen molar-refractivity contribution < 1.29 is 8.42 Å². The molecule has 2 rings (SSSR count). The molecule has 0 amide bonds. The second-order valence-corrected chi connectivity index (χ2v) is 7.56. The molecule has 1 aliphatic rings. The van der Waals surface area contributed by atoms with Crippen molar-refractivity contribution in [3.63, 3.8) is 0 Å². The lowest BCUT2D eigenvalue weighted by Gasteiger charge is -2.09. The summed E-state index contributed by atoms with van der Waals surface area (Å²) in [6.07, 6.45) is 7.48. The highest BCUT2D eigenvalue weighted by Gasteiger charge is 2.16. The van der Waals surface area contributed by atoms with Crippen LogP contribution in [-0.2, 0) is 10.0 Å². The molecule has 1 heterocycles. The summed E-state index contributed by atoms with van der Waals surface area (Å²) in [4.78, 5) is 0. The molecule has 1 aromatic rings. The maximum Gasteiger partial charge on any atom is 0.250 e. The molecule has 1 N–H and O–H groups in total. The largest absolute Gasteiger partial charge is 0.250 e. The maximum absolute atomic E-state index is 11.8. The van der Waals surface area contributed by atoms with Gasteiger partial charge >= 0.3 is 0 Å². The van der Waals surface area contributed by atoms with E-state index >= 15 is 0 Å². The van der Waals surface area contributed by atoms with E-state index in [1.165, 1.54) is 37.0 Å². The molecule has 0 bridgehead atoms. The standard InChI is InChI=1S/C12H19NO2S2/c14-17(15,12-8-4-10-16-12)13-9-3-7-11-5-1-2-6-11/h4,8,10-11,13H,1-3,5-7,9H2. The van der Waals surface area contributed by atoms with Crippen molar-refractivity contribution in [2.45, 2.75) is 42.7 Å². The lowest BCUT2D eigenvalue weighted by molar-refractivity contribution is 0.480. The summed E-state index contributed by atoms with van der Waals surface area (Å²) < 4.78 is 26.7. The van der Waals surface area contributed by atoms with Crippen LogP contribution >= 0.6 is 11.3 Å². The van der Waals surface area contributed by atoms with Crippen LogP contribution in [0.5, 0.6) is 0 Å². The van der Waals surface area contributed by atoms with E-state index in [9.17, 15) is 8.42 Å². The monoisotopic (exact) mass is 273 g/mol. The molecule has 17 heavy (non-hydrogen) atoms. The van der Waals surface area contributed by atoms with E-state index in [1.807, 2.05) is 0 Å². The summed E-state index contributed by atoms with van der Waals surface area (Å²) in [7, 11) is -3.24. The minimum absolute atomic E-state index is 0.415. The first-order valence-corrected chi connectivity index (χ1v) is 8.58. The molecule has 0 saturated heterocycles. The molecule has 1 aromatic heterocycles. The van der Waals surface area contributed by atoms with Crippen LogP contribution in [0.4, 0.5) is 0 Å². The molecule has 0 atom stereocenters. The van der Waals surface area contributed by atoms with Crippen LogP contribution in [0.2, 0.25) is 0 Å². The molecule has 1 fully saturated rings. The van der Waals surface area contributed by atoms with E-state index in [2.05, 4.69) is 4.72 Å². The third-order valence-electron chi connectivity index (χ3n) is 3.32. The van der Waals surface area contributed by atoms with Crippen LogP contribution in [0.15, 0.2) is 21.7 Å². The van der Waals surface area contributed by atoms with Crippen molar-refractivity contribution in [1.82, 2.24) is 4.72 Å². The predicted octanol–water partition coefficient (Wildman–Crippen LogP) is 3.00. The van der Waals surface area contributed by atoms with Gasteiger partial charge in [0.1, 0.15) is 4.21 Å². The molecule has 0 spiro atoms. The second kappa shape index (κ2) is 5.98. The number of sulfonamides is 1. The summed E-state index contributed by atoms with van der Waals surface area (Å²) in [5, 5.41) is 1.78. The van der Waals surface area contributed by atoms with Gasteiger partial charge in [-0.05, 0) is 30.2 Å². The van der Waals surface area contributed by atoms with Gasteiger partial charge in [-0.15, -0.1) is 11.3 Å². The van der Waals surface area contributed by atoms with E-state index in [0.29, 0.717) is 10.8 Å². The molecular weight excluding hydrogens is 254 g/mol. The van der Waals surface area contributed by atoms with Crippen molar-refractivity contribution in [2.75, 3.05) is 6.54 Å². The highest BCUT2D eigenvalue weighted by atomic mass is 32.2. The lowest BCUT2D eigenvalue weighted by Crippen LogP contribution is -2.24. The Labute approximate surface area is 107 Å². The highest BCUT2D eigenvalue weighted by molar-refractivity contribution is 7.91. The topological polar surface area (TPSA) is 46.2 Å². The van der Waals surface area contributed by atoms with Crippen molar-refractivity contribution in [3.8, 4) is 0 Å². The highest BCUT2D eigenvalue weighted by Crippen LogP contribution is 2.28. The van der Waals surface area contributed by atoms with E-state index in [0.717, 1.165) is 18.8 Å². The van der Waals surface area contributed by atoms with E-state index < -0.39 is 10.0 Å². The minimum Gasteiger partial charge on any atom is -0.210 e. The average Bonchev–Trinajstić information content (AvgIpc) is 2.97. The Morgan fingerprint density at radius 1 is 1.35 bits per heavy atom. The Balaban J connectivity index is 1.71. The van der Waals surface area contributed by atoms with Crippen LogP contribution in [0.3, 0.4) is 0 Å². The normalized spacial score (nSPS) is 17.6. The van der Waals surface area contributed by atoms with Crippen molar-refractivity contribution in [3.05, 3.63) is 17.5 Å². The van der Waals surface area contributed by atoms with Crippen LogP contribution in [0.1, 0.15) is 38.5 Å². The van der Waals surface area contributed by atoms with Crippen LogP contribution in [-0.4, -0.2) is 15.0 Å². The molecule has 1 aliphatic carbocycles. The zero-order chi connectivity index (χ0) is 12.1. The Bertz CT molecular complexity index is 419. The number of hydrogen-bond donors (Lipinski definition) is 1. The first-order chi connectivity index (χ1) is 8.18. The Morgan fingerprint density at radius 2 is 2.12 bits per heavy atom. The van der Waals surface area contributed by atoms with Gasteiger partial charge in [0.25, 0.3) is 0 Å². The smallest absolute Gasteiger partial charge is 0.210 e. The van der Waals surface area contributed by atoms with Gasteiger partial charge in [-0.2, -0.15) is 0 Å². The molecular formula is C12H19NO2S2. The zero-order valence-electron chi connectivity index (χ0n) is 9.89. The zero-order valence-corrected chi connectivity index (χ0v) is 11.5. The number of thiophene rings is 1. The number of nitrogens with one attached hydrogen (secondary N) is 1. The quantitative estimate of drug-likeness (QED) is 0.810. The maximum atomic E-state index is 11.8. The van der Waals surface area contributed by atoms with E-state index in [4.69, 9.17) is 0 Å². The second-order valence-electron chi connectivity index (χ2n) is 4.62. The number of hydrogen-bond acceptors (Lipinski definition) is 3. The first kappa shape index (κ1) is 13.1. The molecule has 0 aromatic carbocycles. The van der Waals surface area contributed by atoms with Crippen LogP contribution < -0.4 is 4.72 Å². The summed E-state index contributed by atoms with van der Waals surface area (Å²) in [6.45, 7) is 0.566. The van der Waals surface area contributed by atoms with Crippen LogP contribution in [0.25, 0.3) is 0 Å². The van der Waals surface area contributed by atoms with Crippen LogP contribution in [0, 0.1) is 5.92 Å². The van der Waals surface area contributed by atoms with Gasteiger partial charge in [-0.25, -0.2) is 13.1 Å². The van der Waals surface area contributed by atoms with E-state index in [1.54, 1.807) is 17.5 Å². The Hall–Kier alpha value is -0.390. The van der Waals surface area contributed by atoms with Gasteiger partial charge in [-0.1, -0.05) is 31.7 Å². The summed E-state index contributed by atoms with van der Waals surface area (Å²) >= 11 is 1.26. The summed E-state index contributed by atoms with van der Waals surface area (Å²) in [6, 6.07) is 3.40. The molecule has 0 unspecified atom stereocenters. The summed E-state index contributed by atoms with van der Waals surface area (Å²) in [5.74, 6) is 0.834. The molecule has 0 aliphatic heterocycles. The molecule has 3 nitrogen and oxygen atoms in total.